The molecule has 0 saturated carbocycles. The Labute approximate surface area is 142 Å². The zero-order chi connectivity index (χ0) is 17.4. The first kappa shape index (κ1) is 19.5. The van der Waals surface area contributed by atoms with Crippen LogP contribution in [0.2, 0.25) is 0 Å². The SMILES string of the molecule is CCCCC(NC=O)Sc1nc(C(C)CC)nn1C(=O)N(C)C. The Kier molecular flexibility index (Phi) is 8.08. The van der Waals surface area contributed by atoms with E-state index in [1.807, 2.05) is 6.92 Å². The van der Waals surface area contributed by atoms with Crippen LogP contribution in [-0.2, 0) is 4.79 Å². The number of amides is 2. The fourth-order valence-corrected chi connectivity index (χ4v) is 2.89. The highest BCUT2D eigenvalue weighted by Gasteiger charge is 2.23. The number of aromatic nitrogens is 3. The van der Waals surface area contributed by atoms with Crippen LogP contribution in [0, 0.1) is 0 Å². The van der Waals surface area contributed by atoms with E-state index in [1.165, 1.54) is 21.3 Å². The molecule has 7 nitrogen and oxygen atoms in total. The van der Waals surface area contributed by atoms with Crippen molar-refractivity contribution in [2.45, 2.75) is 62.9 Å². The van der Waals surface area contributed by atoms with Crippen molar-refractivity contribution in [1.29, 1.82) is 0 Å². The average molecular weight is 341 g/mol. The van der Waals surface area contributed by atoms with Crippen molar-refractivity contribution in [2.24, 2.45) is 0 Å². The van der Waals surface area contributed by atoms with E-state index in [2.05, 4.69) is 29.2 Å². The van der Waals surface area contributed by atoms with Crippen LogP contribution in [0.4, 0.5) is 4.79 Å². The Bertz CT molecular complexity index is 518. The Morgan fingerprint density at radius 2 is 2.13 bits per heavy atom. The summed E-state index contributed by atoms with van der Waals surface area (Å²) in [6, 6.07) is -0.241. The Morgan fingerprint density at radius 3 is 2.65 bits per heavy atom. The first-order valence-electron chi connectivity index (χ1n) is 7.99. The number of carbonyl (C=O) groups is 2. The second-order valence-electron chi connectivity index (χ2n) is 5.68. The van der Waals surface area contributed by atoms with E-state index in [0.717, 1.165) is 25.7 Å². The van der Waals surface area contributed by atoms with E-state index in [0.29, 0.717) is 17.4 Å². The van der Waals surface area contributed by atoms with Gasteiger partial charge in [-0.25, -0.2) is 9.78 Å². The Balaban J connectivity index is 3.07. The van der Waals surface area contributed by atoms with Crippen molar-refractivity contribution in [3.8, 4) is 0 Å². The van der Waals surface area contributed by atoms with Gasteiger partial charge in [0.05, 0.1) is 5.37 Å². The molecule has 0 spiro atoms. The van der Waals surface area contributed by atoms with E-state index in [1.54, 1.807) is 14.1 Å². The molecule has 0 aliphatic rings. The second kappa shape index (κ2) is 9.54. The summed E-state index contributed by atoms with van der Waals surface area (Å²) in [5.41, 5.74) is 0. The van der Waals surface area contributed by atoms with Gasteiger partial charge in [-0.15, -0.1) is 5.10 Å². The fourth-order valence-electron chi connectivity index (χ4n) is 1.86. The lowest BCUT2D eigenvalue weighted by molar-refractivity contribution is -0.109. The maximum absolute atomic E-state index is 12.3. The van der Waals surface area contributed by atoms with E-state index < -0.39 is 0 Å². The fraction of sp³-hybridized carbons (Fsp3) is 0.733. The predicted octanol–water partition coefficient (Wildman–Crippen LogP) is 2.68. The molecule has 0 radical (unpaired) electrons. The van der Waals surface area contributed by atoms with Crippen molar-refractivity contribution < 1.29 is 9.59 Å². The van der Waals surface area contributed by atoms with E-state index in [-0.39, 0.29) is 17.3 Å². The largest absolute Gasteiger partial charge is 0.346 e. The van der Waals surface area contributed by atoms with Gasteiger partial charge < -0.3 is 10.2 Å². The minimum atomic E-state index is -0.241. The summed E-state index contributed by atoms with van der Waals surface area (Å²) in [6.07, 6.45) is 4.45. The second-order valence-corrected chi connectivity index (χ2v) is 6.85. The highest BCUT2D eigenvalue weighted by Crippen LogP contribution is 2.26. The van der Waals surface area contributed by atoms with Crippen molar-refractivity contribution in [3.05, 3.63) is 5.82 Å². The molecular formula is C15H27N5O2S. The van der Waals surface area contributed by atoms with Crippen LogP contribution in [0.5, 0.6) is 0 Å². The van der Waals surface area contributed by atoms with Gasteiger partial charge in [-0.2, -0.15) is 4.68 Å². The molecule has 1 heterocycles. The quantitative estimate of drug-likeness (QED) is 0.424. The molecule has 2 atom stereocenters. The van der Waals surface area contributed by atoms with Crippen molar-refractivity contribution in [1.82, 2.24) is 25.0 Å². The monoisotopic (exact) mass is 341 g/mol. The maximum atomic E-state index is 12.3. The number of thioether (sulfide) groups is 1. The van der Waals surface area contributed by atoms with Crippen LogP contribution < -0.4 is 5.32 Å². The molecule has 2 amide bonds. The molecular weight excluding hydrogens is 314 g/mol. The number of rotatable bonds is 9. The van der Waals surface area contributed by atoms with Crippen LogP contribution in [0.15, 0.2) is 5.16 Å². The van der Waals surface area contributed by atoms with Gasteiger partial charge in [0.2, 0.25) is 6.41 Å². The standard InChI is InChI=1S/C15H27N5O2S/c1-6-8-9-12(16-10-21)23-14-17-13(11(3)7-2)18-20(14)15(22)19(4)5/h10-12H,6-9H2,1-5H3,(H,16,21). The first-order chi connectivity index (χ1) is 10.9. The molecule has 1 aromatic rings. The molecule has 1 aromatic heterocycles. The van der Waals surface area contributed by atoms with E-state index in [4.69, 9.17) is 0 Å². The highest BCUT2D eigenvalue weighted by atomic mass is 32.2. The molecule has 0 fully saturated rings. The summed E-state index contributed by atoms with van der Waals surface area (Å²) in [6.45, 7) is 6.19. The van der Waals surface area contributed by atoms with E-state index in [9.17, 15) is 9.59 Å². The zero-order valence-electron chi connectivity index (χ0n) is 14.6. The third-order valence-corrected chi connectivity index (χ3v) is 4.66. The molecule has 1 N–H and O–H groups in total. The van der Waals surface area contributed by atoms with Crippen LogP contribution in [0.25, 0.3) is 0 Å². The smallest absolute Gasteiger partial charge is 0.346 e. The van der Waals surface area contributed by atoms with Crippen LogP contribution in [0.1, 0.15) is 58.2 Å². The van der Waals surface area contributed by atoms with Crippen molar-refractivity contribution >= 4 is 24.2 Å². The normalized spacial score (nSPS) is 13.4. The summed E-state index contributed by atoms with van der Waals surface area (Å²) >= 11 is 1.37. The lowest BCUT2D eigenvalue weighted by atomic mass is 10.1. The first-order valence-corrected chi connectivity index (χ1v) is 8.87. The van der Waals surface area contributed by atoms with Crippen molar-refractivity contribution in [3.63, 3.8) is 0 Å². The van der Waals surface area contributed by atoms with Crippen LogP contribution in [-0.4, -0.2) is 51.6 Å². The zero-order valence-corrected chi connectivity index (χ0v) is 15.4. The minimum Gasteiger partial charge on any atom is -0.346 e. The van der Waals surface area contributed by atoms with Crippen molar-refractivity contribution in [2.75, 3.05) is 14.1 Å². The summed E-state index contributed by atoms with van der Waals surface area (Å²) in [4.78, 5) is 29.1. The molecule has 1 rings (SSSR count). The Hall–Kier alpha value is -1.57. The van der Waals surface area contributed by atoms with Gasteiger partial charge in [-0.1, -0.05) is 45.4 Å². The molecule has 0 aromatic carbocycles. The van der Waals surface area contributed by atoms with Gasteiger partial charge in [0.15, 0.2) is 11.0 Å². The number of hydrogen-bond donors (Lipinski definition) is 1. The third-order valence-electron chi connectivity index (χ3n) is 3.53. The molecule has 0 aliphatic carbocycles. The molecule has 130 valence electrons. The van der Waals surface area contributed by atoms with Gasteiger partial charge in [-0.3, -0.25) is 4.79 Å². The lowest BCUT2D eigenvalue weighted by Crippen LogP contribution is -2.30. The van der Waals surface area contributed by atoms with Crippen LogP contribution >= 0.6 is 11.8 Å². The van der Waals surface area contributed by atoms with Gasteiger partial charge in [0.25, 0.3) is 0 Å². The van der Waals surface area contributed by atoms with Crippen LogP contribution in [0.3, 0.4) is 0 Å². The molecule has 0 aliphatic heterocycles. The summed E-state index contributed by atoms with van der Waals surface area (Å²) in [5.74, 6) is 0.837. The van der Waals surface area contributed by atoms with Gasteiger partial charge >= 0.3 is 6.03 Å². The number of nitrogens with one attached hydrogen (secondary N) is 1. The number of nitrogens with zero attached hydrogens (tertiary/aromatic N) is 4. The summed E-state index contributed by atoms with van der Waals surface area (Å²) in [7, 11) is 3.36. The van der Waals surface area contributed by atoms with E-state index >= 15 is 0 Å². The average Bonchev–Trinajstić information content (AvgIpc) is 2.94. The number of unbranched alkanes of at least 4 members (excludes halogenated alkanes) is 1. The molecule has 0 saturated heterocycles. The lowest BCUT2D eigenvalue weighted by Gasteiger charge is -2.16. The topological polar surface area (TPSA) is 80.1 Å². The maximum Gasteiger partial charge on any atom is 0.346 e. The number of carbonyl (C=O) groups excluding carboxylic acids is 2. The number of hydrogen-bond acceptors (Lipinski definition) is 5. The molecule has 0 bridgehead atoms. The summed E-state index contributed by atoms with van der Waals surface area (Å²) in [5, 5.41) is 7.57. The third kappa shape index (κ3) is 5.53. The minimum absolute atomic E-state index is 0.116. The predicted molar refractivity (Wildman–Crippen MR) is 91.6 cm³/mol. The Morgan fingerprint density at radius 1 is 1.43 bits per heavy atom. The van der Waals surface area contributed by atoms with Gasteiger partial charge in [-0.05, 0) is 12.8 Å². The molecule has 2 unspecified atom stereocenters. The summed E-state index contributed by atoms with van der Waals surface area (Å²) < 4.78 is 1.33. The van der Waals surface area contributed by atoms with Gasteiger partial charge in [0, 0.05) is 20.0 Å². The molecule has 23 heavy (non-hydrogen) atoms. The molecule has 8 heteroatoms. The van der Waals surface area contributed by atoms with Gasteiger partial charge in [0.1, 0.15) is 0 Å². The highest BCUT2D eigenvalue weighted by molar-refractivity contribution is 7.99.